The summed E-state index contributed by atoms with van der Waals surface area (Å²) >= 11 is 11.9. The average Bonchev–Trinajstić information content (AvgIpc) is 2.41. The molecule has 5 heteroatoms. The molecule has 0 amide bonds. The lowest BCUT2D eigenvalue weighted by Crippen LogP contribution is -2.20. The zero-order chi connectivity index (χ0) is 13.8. The van der Waals surface area contributed by atoms with Crippen LogP contribution >= 0.6 is 23.2 Å². The molecule has 1 atom stereocenters. The Morgan fingerprint density at radius 2 is 1.74 bits per heavy atom. The predicted octanol–water partition coefficient (Wildman–Crippen LogP) is 4.23. The first-order valence-corrected chi connectivity index (χ1v) is 6.33. The third-order valence-electron chi connectivity index (χ3n) is 2.63. The van der Waals surface area contributed by atoms with E-state index in [0.29, 0.717) is 21.3 Å². The van der Waals surface area contributed by atoms with Crippen molar-refractivity contribution < 1.29 is 9.90 Å². The van der Waals surface area contributed by atoms with Gasteiger partial charge in [0.2, 0.25) is 0 Å². The fourth-order valence-corrected chi connectivity index (χ4v) is 2.06. The highest BCUT2D eigenvalue weighted by atomic mass is 35.5. The Kier molecular flexibility index (Phi) is 4.30. The van der Waals surface area contributed by atoms with Crippen molar-refractivity contribution in [3.8, 4) is 0 Å². The number of hydrogen-bond acceptors (Lipinski definition) is 2. The quantitative estimate of drug-likeness (QED) is 0.887. The summed E-state index contributed by atoms with van der Waals surface area (Å²) < 4.78 is 0. The molecule has 3 nitrogen and oxygen atoms in total. The van der Waals surface area contributed by atoms with Crippen LogP contribution in [0.2, 0.25) is 10.0 Å². The molecule has 0 heterocycles. The van der Waals surface area contributed by atoms with E-state index >= 15 is 0 Å². The van der Waals surface area contributed by atoms with E-state index in [4.69, 9.17) is 23.2 Å². The van der Waals surface area contributed by atoms with Crippen molar-refractivity contribution in [2.75, 3.05) is 5.32 Å². The number of rotatable bonds is 4. The van der Waals surface area contributed by atoms with Crippen molar-refractivity contribution >= 4 is 34.9 Å². The van der Waals surface area contributed by atoms with Crippen LogP contribution in [0.15, 0.2) is 48.5 Å². The van der Waals surface area contributed by atoms with E-state index < -0.39 is 12.0 Å². The minimum Gasteiger partial charge on any atom is -0.479 e. The fourth-order valence-electron chi connectivity index (χ4n) is 1.70. The molecule has 0 aliphatic rings. The number of hydrogen-bond donors (Lipinski definition) is 2. The normalized spacial score (nSPS) is 11.9. The Hall–Kier alpha value is -1.71. The highest BCUT2D eigenvalue weighted by Crippen LogP contribution is 2.32. The molecular formula is C14H11Cl2NO2. The van der Waals surface area contributed by atoms with Crippen molar-refractivity contribution in [1.82, 2.24) is 0 Å². The molecule has 2 aromatic carbocycles. The molecule has 0 bridgehead atoms. The number of carboxylic acids is 1. The standard InChI is InChI=1S/C14H11Cl2NO2/c15-10-7-4-8-11(12(10)16)17-13(14(18)19)9-5-2-1-3-6-9/h1-8,13,17H,(H,18,19). The summed E-state index contributed by atoms with van der Waals surface area (Å²) in [5, 5.41) is 12.9. The molecule has 0 aliphatic carbocycles. The van der Waals surface area contributed by atoms with Gasteiger partial charge in [-0.15, -0.1) is 0 Å². The average molecular weight is 296 g/mol. The second-order valence-corrected chi connectivity index (χ2v) is 4.71. The minimum absolute atomic E-state index is 0.311. The molecule has 0 saturated heterocycles. The Morgan fingerprint density at radius 1 is 1.05 bits per heavy atom. The summed E-state index contributed by atoms with van der Waals surface area (Å²) in [6, 6.07) is 13.0. The van der Waals surface area contributed by atoms with Crippen LogP contribution in [-0.2, 0) is 4.79 Å². The lowest BCUT2D eigenvalue weighted by atomic mass is 10.1. The summed E-state index contributed by atoms with van der Waals surface area (Å²) in [5.41, 5.74) is 1.14. The van der Waals surface area contributed by atoms with Gasteiger partial charge >= 0.3 is 5.97 Å². The Balaban J connectivity index is 2.32. The number of benzene rings is 2. The topological polar surface area (TPSA) is 49.3 Å². The van der Waals surface area contributed by atoms with Crippen LogP contribution in [0.4, 0.5) is 5.69 Å². The Bertz CT molecular complexity index is 587. The molecule has 98 valence electrons. The van der Waals surface area contributed by atoms with Gasteiger partial charge in [0.15, 0.2) is 6.04 Å². The van der Waals surface area contributed by atoms with Crippen molar-refractivity contribution in [2.24, 2.45) is 0 Å². The first-order valence-electron chi connectivity index (χ1n) is 5.58. The molecule has 2 N–H and O–H groups in total. The molecule has 1 unspecified atom stereocenters. The summed E-state index contributed by atoms with van der Waals surface area (Å²) in [6.07, 6.45) is 0. The van der Waals surface area contributed by atoms with Crippen LogP contribution in [-0.4, -0.2) is 11.1 Å². The van der Waals surface area contributed by atoms with Crippen molar-refractivity contribution in [3.05, 3.63) is 64.1 Å². The number of halogens is 2. The number of carboxylic acid groups (broad SMARTS) is 1. The minimum atomic E-state index is -0.984. The van der Waals surface area contributed by atoms with Gasteiger partial charge in [-0.3, -0.25) is 0 Å². The lowest BCUT2D eigenvalue weighted by molar-refractivity contribution is -0.138. The zero-order valence-electron chi connectivity index (χ0n) is 9.81. The predicted molar refractivity (Wildman–Crippen MR) is 76.9 cm³/mol. The highest BCUT2D eigenvalue weighted by Gasteiger charge is 2.20. The Morgan fingerprint density at radius 3 is 2.37 bits per heavy atom. The molecule has 19 heavy (non-hydrogen) atoms. The van der Waals surface area contributed by atoms with Gasteiger partial charge in [-0.25, -0.2) is 4.79 Å². The van der Waals surface area contributed by atoms with E-state index in [1.807, 2.05) is 6.07 Å². The molecule has 0 saturated carbocycles. The fraction of sp³-hybridized carbons (Fsp3) is 0.0714. The van der Waals surface area contributed by atoms with E-state index in [9.17, 15) is 9.90 Å². The number of carbonyl (C=O) groups is 1. The Labute approximate surface area is 120 Å². The van der Waals surface area contributed by atoms with Crippen molar-refractivity contribution in [1.29, 1.82) is 0 Å². The molecule has 2 rings (SSSR count). The maximum Gasteiger partial charge on any atom is 0.330 e. The van der Waals surface area contributed by atoms with Gasteiger partial charge in [0.1, 0.15) is 0 Å². The second-order valence-electron chi connectivity index (χ2n) is 3.93. The molecule has 0 fully saturated rings. The molecule has 0 radical (unpaired) electrons. The van der Waals surface area contributed by atoms with E-state index in [0.717, 1.165) is 0 Å². The highest BCUT2D eigenvalue weighted by molar-refractivity contribution is 6.43. The van der Waals surface area contributed by atoms with Gasteiger partial charge < -0.3 is 10.4 Å². The third-order valence-corrected chi connectivity index (χ3v) is 3.45. The largest absolute Gasteiger partial charge is 0.479 e. The van der Waals surface area contributed by atoms with Gasteiger partial charge in [0.05, 0.1) is 15.7 Å². The van der Waals surface area contributed by atoms with Crippen LogP contribution < -0.4 is 5.32 Å². The molecule has 2 aromatic rings. The zero-order valence-corrected chi connectivity index (χ0v) is 11.3. The molecular weight excluding hydrogens is 285 g/mol. The SMILES string of the molecule is O=C(O)C(Nc1cccc(Cl)c1Cl)c1ccccc1. The van der Waals surface area contributed by atoms with E-state index in [1.54, 1.807) is 42.5 Å². The monoisotopic (exact) mass is 295 g/mol. The van der Waals surface area contributed by atoms with Crippen LogP contribution in [0.25, 0.3) is 0 Å². The van der Waals surface area contributed by atoms with Crippen LogP contribution in [0, 0.1) is 0 Å². The van der Waals surface area contributed by atoms with E-state index in [2.05, 4.69) is 5.32 Å². The number of anilines is 1. The first-order chi connectivity index (χ1) is 9.09. The summed E-state index contributed by atoms with van der Waals surface area (Å²) in [7, 11) is 0. The van der Waals surface area contributed by atoms with Crippen molar-refractivity contribution in [2.45, 2.75) is 6.04 Å². The number of aliphatic carboxylic acids is 1. The first kappa shape index (κ1) is 13.7. The van der Waals surface area contributed by atoms with Gasteiger partial charge in [0, 0.05) is 0 Å². The molecule has 0 aromatic heterocycles. The van der Waals surface area contributed by atoms with Crippen molar-refractivity contribution in [3.63, 3.8) is 0 Å². The maximum absolute atomic E-state index is 11.4. The number of nitrogens with one attached hydrogen (secondary N) is 1. The van der Waals surface area contributed by atoms with Crippen LogP contribution in [0.1, 0.15) is 11.6 Å². The van der Waals surface area contributed by atoms with Gasteiger partial charge in [-0.05, 0) is 17.7 Å². The second kappa shape index (κ2) is 5.95. The third kappa shape index (κ3) is 3.19. The van der Waals surface area contributed by atoms with E-state index in [-0.39, 0.29) is 0 Å². The summed E-state index contributed by atoms with van der Waals surface area (Å²) in [6.45, 7) is 0. The van der Waals surface area contributed by atoms with Crippen LogP contribution in [0.5, 0.6) is 0 Å². The summed E-state index contributed by atoms with van der Waals surface area (Å²) in [5.74, 6) is -0.984. The summed E-state index contributed by atoms with van der Waals surface area (Å²) in [4.78, 5) is 11.4. The van der Waals surface area contributed by atoms with Gasteiger partial charge in [0.25, 0.3) is 0 Å². The maximum atomic E-state index is 11.4. The molecule has 0 aliphatic heterocycles. The molecule has 0 spiro atoms. The van der Waals surface area contributed by atoms with Gasteiger partial charge in [-0.2, -0.15) is 0 Å². The van der Waals surface area contributed by atoms with E-state index in [1.165, 1.54) is 0 Å². The van der Waals surface area contributed by atoms with Gasteiger partial charge in [-0.1, -0.05) is 59.6 Å². The smallest absolute Gasteiger partial charge is 0.330 e. The van der Waals surface area contributed by atoms with Crippen LogP contribution in [0.3, 0.4) is 0 Å². The lowest BCUT2D eigenvalue weighted by Gasteiger charge is -2.17.